The molecule has 1 amide bonds. The van der Waals surface area contributed by atoms with Gasteiger partial charge < -0.3 is 25.7 Å². The first kappa shape index (κ1) is 46.3. The molecule has 5 N–H and O–H groups in total. The van der Waals surface area contributed by atoms with Gasteiger partial charge in [-0.25, -0.2) is 0 Å². The van der Waals surface area contributed by atoms with E-state index in [1.165, 1.54) is 167 Å². The Bertz CT molecular complexity index is 633. The van der Waals surface area contributed by atoms with Crippen molar-refractivity contribution in [3.63, 3.8) is 0 Å². The van der Waals surface area contributed by atoms with Gasteiger partial charge in [0.05, 0.1) is 18.8 Å². The number of hydrogen-bond donors (Lipinski definition) is 5. The van der Waals surface area contributed by atoms with E-state index >= 15 is 0 Å². The van der Waals surface area contributed by atoms with Crippen LogP contribution >= 0.6 is 0 Å². The van der Waals surface area contributed by atoms with E-state index in [2.05, 4.69) is 12.2 Å². The molecule has 6 nitrogen and oxygen atoms in total. The van der Waals surface area contributed by atoms with Crippen LogP contribution in [0.5, 0.6) is 0 Å². The Labute approximate surface area is 292 Å². The van der Waals surface area contributed by atoms with Gasteiger partial charge in [-0.1, -0.05) is 213 Å². The zero-order valence-electron chi connectivity index (χ0n) is 31.5. The van der Waals surface area contributed by atoms with E-state index in [-0.39, 0.29) is 0 Å². The van der Waals surface area contributed by atoms with Crippen LogP contribution in [0.3, 0.4) is 0 Å². The lowest BCUT2D eigenvalue weighted by Gasteiger charge is -2.27. The van der Waals surface area contributed by atoms with Crippen molar-refractivity contribution in [3.8, 4) is 0 Å². The predicted molar refractivity (Wildman–Crippen MR) is 201 cm³/mol. The molecule has 0 rings (SSSR count). The maximum atomic E-state index is 12.3. The molecule has 0 bridgehead atoms. The molecule has 0 aromatic rings. The van der Waals surface area contributed by atoms with Crippen LogP contribution in [-0.2, 0) is 4.79 Å². The minimum atomic E-state index is -1.25. The summed E-state index contributed by atoms with van der Waals surface area (Å²) in [5.74, 6) is -0.592. The normalized spacial score (nSPS) is 14.3. The van der Waals surface area contributed by atoms with E-state index in [1.807, 2.05) is 6.92 Å². The molecular weight excluding hydrogens is 586 g/mol. The van der Waals surface area contributed by atoms with Gasteiger partial charge in [-0.05, 0) is 12.8 Å². The Kier molecular flexibility index (Phi) is 36.0. The molecule has 0 aliphatic heterocycles. The van der Waals surface area contributed by atoms with Gasteiger partial charge in [0.15, 0.2) is 0 Å². The zero-order valence-corrected chi connectivity index (χ0v) is 31.5. The van der Waals surface area contributed by atoms with E-state index < -0.39 is 36.9 Å². The van der Waals surface area contributed by atoms with Crippen molar-refractivity contribution in [1.82, 2.24) is 5.32 Å². The highest BCUT2D eigenvalue weighted by Crippen LogP contribution is 2.17. The minimum absolute atomic E-state index is 0.373. The van der Waals surface area contributed by atoms with E-state index in [1.54, 1.807) is 0 Å². The molecule has 0 fully saturated rings. The second-order valence-corrected chi connectivity index (χ2v) is 14.7. The van der Waals surface area contributed by atoms with Crippen LogP contribution in [0.4, 0.5) is 0 Å². The van der Waals surface area contributed by atoms with Gasteiger partial charge in [-0.3, -0.25) is 4.79 Å². The lowest BCUT2D eigenvalue weighted by molar-refractivity contribution is -0.132. The average molecular weight is 670 g/mol. The summed E-state index contributed by atoms with van der Waals surface area (Å²) in [7, 11) is 0. The van der Waals surface area contributed by atoms with Crippen molar-refractivity contribution >= 4 is 5.91 Å². The van der Waals surface area contributed by atoms with E-state index in [4.69, 9.17) is 0 Å². The monoisotopic (exact) mass is 670 g/mol. The predicted octanol–water partition coefficient (Wildman–Crippen LogP) is 10.5. The van der Waals surface area contributed by atoms with Crippen molar-refractivity contribution < 1.29 is 25.2 Å². The van der Waals surface area contributed by atoms with E-state index in [0.717, 1.165) is 32.1 Å². The highest BCUT2D eigenvalue weighted by molar-refractivity contribution is 5.80. The molecule has 0 spiro atoms. The smallest absolute Gasteiger partial charge is 0.249 e. The van der Waals surface area contributed by atoms with Crippen molar-refractivity contribution in [2.24, 2.45) is 0 Å². The molecule has 0 saturated heterocycles. The molecule has 0 saturated carbocycles. The number of hydrogen-bond acceptors (Lipinski definition) is 5. The number of amides is 1. The van der Waals surface area contributed by atoms with Gasteiger partial charge in [0.25, 0.3) is 0 Å². The second kappa shape index (κ2) is 36.6. The summed E-state index contributed by atoms with van der Waals surface area (Å²) in [6.07, 6.45) is 38.5. The molecule has 0 aromatic carbocycles. The molecule has 0 aliphatic rings. The quantitative estimate of drug-likeness (QED) is 0.0420. The molecule has 282 valence electrons. The summed E-state index contributed by atoms with van der Waals surface area (Å²) in [6, 6.07) is -0.974. The summed E-state index contributed by atoms with van der Waals surface area (Å²) >= 11 is 0. The SMILES string of the molecule is CCCCCCCCCCCCCCCCCCCCCCCCCCCCCCCC(O)C(=O)NC(CO)C(O)C(O)CCCC. The summed E-state index contributed by atoms with van der Waals surface area (Å²) in [6.45, 7) is 3.80. The molecule has 0 radical (unpaired) electrons. The summed E-state index contributed by atoms with van der Waals surface area (Å²) in [5.41, 5.74) is 0. The summed E-state index contributed by atoms with van der Waals surface area (Å²) < 4.78 is 0. The lowest BCUT2D eigenvalue weighted by Crippen LogP contribution is -2.53. The van der Waals surface area contributed by atoms with Crippen LogP contribution in [0.25, 0.3) is 0 Å². The van der Waals surface area contributed by atoms with Gasteiger partial charge in [-0.15, -0.1) is 0 Å². The molecule has 4 unspecified atom stereocenters. The maximum Gasteiger partial charge on any atom is 0.249 e. The third-order valence-electron chi connectivity index (χ3n) is 10.1. The van der Waals surface area contributed by atoms with Crippen LogP contribution in [0.1, 0.15) is 226 Å². The summed E-state index contributed by atoms with van der Waals surface area (Å²) in [5, 5.41) is 42.5. The largest absolute Gasteiger partial charge is 0.394 e. The minimum Gasteiger partial charge on any atom is -0.394 e. The van der Waals surface area contributed by atoms with Crippen LogP contribution in [0.15, 0.2) is 0 Å². The van der Waals surface area contributed by atoms with Gasteiger partial charge in [-0.2, -0.15) is 0 Å². The Morgan fingerprint density at radius 1 is 0.447 bits per heavy atom. The van der Waals surface area contributed by atoms with Gasteiger partial charge in [0.2, 0.25) is 5.91 Å². The molecule has 0 aliphatic carbocycles. The van der Waals surface area contributed by atoms with Crippen molar-refractivity contribution in [1.29, 1.82) is 0 Å². The number of rotatable bonds is 38. The fourth-order valence-corrected chi connectivity index (χ4v) is 6.69. The first-order valence-electron chi connectivity index (χ1n) is 20.9. The molecule has 0 heterocycles. The number of aliphatic hydroxyl groups is 4. The number of nitrogens with one attached hydrogen (secondary N) is 1. The Hall–Kier alpha value is -0.690. The molecular formula is C41H83NO5. The molecule has 47 heavy (non-hydrogen) atoms. The number of aliphatic hydroxyl groups excluding tert-OH is 4. The number of carbonyl (C=O) groups is 1. The van der Waals surface area contributed by atoms with Crippen LogP contribution in [-0.4, -0.2) is 57.3 Å². The average Bonchev–Trinajstić information content (AvgIpc) is 3.08. The Morgan fingerprint density at radius 3 is 1.04 bits per heavy atom. The standard InChI is InChI=1S/C41H83NO5/c1-3-5-7-8-9-10-11-12-13-14-15-16-17-18-19-20-21-22-23-24-25-26-27-28-29-30-31-32-33-35-39(45)41(47)42-37(36-43)40(46)38(44)34-6-4-2/h37-40,43-46H,3-36H2,1-2H3,(H,42,47). The Morgan fingerprint density at radius 2 is 0.745 bits per heavy atom. The van der Waals surface area contributed by atoms with Crippen LogP contribution < -0.4 is 5.32 Å². The van der Waals surface area contributed by atoms with Gasteiger partial charge in [0.1, 0.15) is 12.2 Å². The third-order valence-corrected chi connectivity index (χ3v) is 10.1. The molecule has 0 aromatic heterocycles. The zero-order chi connectivity index (χ0) is 34.6. The molecule has 4 atom stereocenters. The lowest BCUT2D eigenvalue weighted by atomic mass is 10.0. The van der Waals surface area contributed by atoms with Crippen molar-refractivity contribution in [2.75, 3.05) is 6.61 Å². The maximum absolute atomic E-state index is 12.3. The van der Waals surface area contributed by atoms with Crippen molar-refractivity contribution in [2.45, 2.75) is 250 Å². The van der Waals surface area contributed by atoms with E-state index in [0.29, 0.717) is 12.8 Å². The number of unbranched alkanes of at least 4 members (excludes halogenated alkanes) is 29. The van der Waals surface area contributed by atoms with E-state index in [9.17, 15) is 25.2 Å². The van der Waals surface area contributed by atoms with Crippen LogP contribution in [0.2, 0.25) is 0 Å². The Balaban J connectivity index is 3.39. The highest BCUT2D eigenvalue weighted by Gasteiger charge is 2.28. The van der Waals surface area contributed by atoms with Gasteiger partial charge >= 0.3 is 0 Å². The fraction of sp³-hybridized carbons (Fsp3) is 0.976. The first-order chi connectivity index (χ1) is 23.0. The van der Waals surface area contributed by atoms with Crippen molar-refractivity contribution in [3.05, 3.63) is 0 Å². The third kappa shape index (κ3) is 31.1. The highest BCUT2D eigenvalue weighted by atomic mass is 16.3. The summed E-state index contributed by atoms with van der Waals surface area (Å²) in [4.78, 5) is 12.3. The fourth-order valence-electron chi connectivity index (χ4n) is 6.69. The van der Waals surface area contributed by atoms with Crippen LogP contribution in [0, 0.1) is 0 Å². The first-order valence-corrected chi connectivity index (χ1v) is 20.9. The van der Waals surface area contributed by atoms with Gasteiger partial charge in [0, 0.05) is 0 Å². The number of carbonyl (C=O) groups excluding carboxylic acids is 1. The molecule has 6 heteroatoms. The second-order valence-electron chi connectivity index (χ2n) is 14.7. The topological polar surface area (TPSA) is 110 Å².